The molecule has 6 heteroatoms. The Morgan fingerprint density at radius 3 is 2.80 bits per heavy atom. The number of nitrogens with one attached hydrogen (secondary N) is 1. The van der Waals surface area contributed by atoms with E-state index in [9.17, 15) is 0 Å². The van der Waals surface area contributed by atoms with Crippen molar-refractivity contribution < 1.29 is 0 Å². The minimum Gasteiger partial charge on any atom is -0.366 e. The first-order chi connectivity index (χ1) is 14.6. The second kappa shape index (κ2) is 9.92. The standard InChI is InChI=1S/C24H32BrN5/c1-18(21-8-6-12-29(17-21)22-9-3-4-10-22)13-24(30-19(2)23(25)16-28-30)27-15-20-7-5-11-26-14-20/h5,7,11,13-14,16,21-22,27H,1,3-4,6,8-10,12,15,17H2,2H3/b24-13-. The summed E-state index contributed by atoms with van der Waals surface area (Å²) in [5, 5.41) is 8.15. The van der Waals surface area contributed by atoms with Gasteiger partial charge in [-0.2, -0.15) is 5.10 Å². The molecule has 1 unspecified atom stereocenters. The minimum atomic E-state index is 0.508. The molecule has 1 aliphatic heterocycles. The van der Waals surface area contributed by atoms with Crippen molar-refractivity contribution >= 4 is 21.8 Å². The zero-order chi connectivity index (χ0) is 20.9. The maximum Gasteiger partial charge on any atom is 0.128 e. The molecule has 1 aliphatic carbocycles. The number of allylic oxidation sites excluding steroid dienone is 1. The maximum atomic E-state index is 4.58. The molecule has 1 saturated carbocycles. The van der Waals surface area contributed by atoms with E-state index >= 15 is 0 Å². The van der Waals surface area contributed by atoms with Crippen LogP contribution in [0.4, 0.5) is 0 Å². The SMILES string of the molecule is C=C(/C=C(/NCc1cccnc1)n1ncc(Br)c1C)C1CCCN(C2CCCC2)C1. The van der Waals surface area contributed by atoms with Crippen LogP contribution in [0.3, 0.4) is 0 Å². The van der Waals surface area contributed by atoms with Gasteiger partial charge in [0.25, 0.3) is 0 Å². The molecular formula is C24H32BrN5. The highest BCUT2D eigenvalue weighted by molar-refractivity contribution is 9.10. The Bertz CT molecular complexity index is 882. The van der Waals surface area contributed by atoms with E-state index in [0.717, 1.165) is 34.1 Å². The fourth-order valence-corrected chi connectivity index (χ4v) is 4.98. The van der Waals surface area contributed by atoms with E-state index in [2.05, 4.69) is 61.9 Å². The monoisotopic (exact) mass is 469 g/mol. The van der Waals surface area contributed by atoms with Crippen LogP contribution in [0.15, 0.2) is 53.4 Å². The van der Waals surface area contributed by atoms with Crippen molar-refractivity contribution in [3.8, 4) is 0 Å². The van der Waals surface area contributed by atoms with E-state index in [1.807, 2.05) is 23.1 Å². The third-order valence-corrected chi connectivity index (χ3v) is 7.29. The second-order valence-corrected chi connectivity index (χ2v) is 9.44. The van der Waals surface area contributed by atoms with Crippen molar-refractivity contribution in [2.75, 3.05) is 13.1 Å². The quantitative estimate of drug-likeness (QED) is 0.569. The summed E-state index contributed by atoms with van der Waals surface area (Å²) in [6.07, 6.45) is 15.7. The lowest BCUT2D eigenvalue weighted by Crippen LogP contribution is -2.41. The number of hydrogen-bond donors (Lipinski definition) is 1. The lowest BCUT2D eigenvalue weighted by molar-refractivity contribution is 0.139. The Labute approximate surface area is 188 Å². The van der Waals surface area contributed by atoms with Gasteiger partial charge in [-0.1, -0.05) is 25.5 Å². The Hall–Kier alpha value is -1.92. The van der Waals surface area contributed by atoms with Gasteiger partial charge in [0.05, 0.1) is 16.4 Å². The van der Waals surface area contributed by atoms with Gasteiger partial charge in [-0.25, -0.2) is 4.68 Å². The second-order valence-electron chi connectivity index (χ2n) is 8.58. The van der Waals surface area contributed by atoms with Crippen LogP contribution in [-0.2, 0) is 6.54 Å². The summed E-state index contributed by atoms with van der Waals surface area (Å²) in [5.41, 5.74) is 3.41. The number of nitrogens with zero attached hydrogens (tertiary/aromatic N) is 4. The molecule has 3 heterocycles. The van der Waals surface area contributed by atoms with Gasteiger partial charge in [-0.15, -0.1) is 0 Å². The smallest absolute Gasteiger partial charge is 0.128 e. The van der Waals surface area contributed by atoms with Crippen LogP contribution in [0.25, 0.3) is 5.82 Å². The third kappa shape index (κ3) is 5.03. The van der Waals surface area contributed by atoms with Crippen molar-refractivity contribution in [3.05, 3.63) is 64.7 Å². The molecule has 2 aromatic rings. The van der Waals surface area contributed by atoms with Crippen LogP contribution in [-0.4, -0.2) is 38.8 Å². The first kappa shape index (κ1) is 21.3. The van der Waals surface area contributed by atoms with E-state index in [4.69, 9.17) is 0 Å². The summed E-state index contributed by atoms with van der Waals surface area (Å²) < 4.78 is 2.97. The first-order valence-electron chi connectivity index (χ1n) is 11.1. The van der Waals surface area contributed by atoms with Gasteiger partial charge in [-0.05, 0) is 84.3 Å². The van der Waals surface area contributed by atoms with Gasteiger partial charge in [0.2, 0.25) is 0 Å². The molecule has 5 nitrogen and oxygen atoms in total. The molecule has 1 atom stereocenters. The summed E-state index contributed by atoms with van der Waals surface area (Å²) >= 11 is 3.59. The first-order valence-corrected chi connectivity index (χ1v) is 11.9. The van der Waals surface area contributed by atoms with Crippen LogP contribution in [0, 0.1) is 12.8 Å². The normalized spacial score (nSPS) is 21.1. The van der Waals surface area contributed by atoms with Crippen molar-refractivity contribution in [3.63, 3.8) is 0 Å². The maximum absolute atomic E-state index is 4.58. The number of likely N-dealkylation sites (tertiary alicyclic amines) is 1. The average Bonchev–Trinajstić information content (AvgIpc) is 3.43. The number of piperidine rings is 1. The molecule has 2 aromatic heterocycles. The van der Waals surface area contributed by atoms with Gasteiger partial charge in [0, 0.05) is 31.5 Å². The van der Waals surface area contributed by atoms with E-state index in [1.54, 1.807) is 6.20 Å². The Balaban J connectivity index is 1.51. The van der Waals surface area contributed by atoms with Gasteiger partial charge in [0.1, 0.15) is 5.82 Å². The Morgan fingerprint density at radius 2 is 2.10 bits per heavy atom. The number of hydrogen-bond acceptors (Lipinski definition) is 4. The van der Waals surface area contributed by atoms with E-state index in [1.165, 1.54) is 50.6 Å². The number of halogens is 1. The molecule has 0 amide bonds. The minimum absolute atomic E-state index is 0.508. The predicted octanol–water partition coefficient (Wildman–Crippen LogP) is 5.15. The molecule has 2 fully saturated rings. The van der Waals surface area contributed by atoms with E-state index in [0.29, 0.717) is 12.5 Å². The molecule has 30 heavy (non-hydrogen) atoms. The number of rotatable bonds is 7. The molecular weight excluding hydrogens is 438 g/mol. The fourth-order valence-electron chi connectivity index (χ4n) is 4.72. The summed E-state index contributed by atoms with van der Waals surface area (Å²) in [6, 6.07) is 4.84. The topological polar surface area (TPSA) is 46.0 Å². The zero-order valence-corrected chi connectivity index (χ0v) is 19.4. The summed E-state index contributed by atoms with van der Waals surface area (Å²) in [4.78, 5) is 6.95. The number of aromatic nitrogens is 3. The highest BCUT2D eigenvalue weighted by Crippen LogP contribution is 2.31. The lowest BCUT2D eigenvalue weighted by atomic mass is 9.90. The van der Waals surface area contributed by atoms with Gasteiger partial charge >= 0.3 is 0 Å². The molecule has 1 saturated heterocycles. The van der Waals surface area contributed by atoms with Gasteiger partial charge < -0.3 is 5.32 Å². The highest BCUT2D eigenvalue weighted by Gasteiger charge is 2.28. The van der Waals surface area contributed by atoms with Crippen molar-refractivity contribution in [1.82, 2.24) is 25.0 Å². The van der Waals surface area contributed by atoms with Crippen molar-refractivity contribution in [1.29, 1.82) is 0 Å². The number of pyridine rings is 1. The van der Waals surface area contributed by atoms with E-state index < -0.39 is 0 Å². The van der Waals surface area contributed by atoms with Gasteiger partial charge in [0.15, 0.2) is 0 Å². The molecule has 0 spiro atoms. The van der Waals surface area contributed by atoms with Gasteiger partial charge in [-0.3, -0.25) is 9.88 Å². The molecule has 4 rings (SSSR count). The van der Waals surface area contributed by atoms with Crippen LogP contribution >= 0.6 is 15.9 Å². The van der Waals surface area contributed by atoms with E-state index in [-0.39, 0.29) is 0 Å². The van der Waals surface area contributed by atoms with Crippen molar-refractivity contribution in [2.24, 2.45) is 5.92 Å². The van der Waals surface area contributed by atoms with Crippen molar-refractivity contribution in [2.45, 2.75) is 58.0 Å². The Kier molecular flexibility index (Phi) is 7.05. The molecule has 0 radical (unpaired) electrons. The van der Waals surface area contributed by atoms with Crippen LogP contribution < -0.4 is 5.32 Å². The summed E-state index contributed by atoms with van der Waals surface area (Å²) in [5.74, 6) is 1.47. The Morgan fingerprint density at radius 1 is 1.27 bits per heavy atom. The fraction of sp³-hybridized carbons (Fsp3) is 0.500. The molecule has 2 aliphatic rings. The molecule has 0 aromatic carbocycles. The largest absolute Gasteiger partial charge is 0.366 e. The van der Waals surface area contributed by atoms with Crippen LogP contribution in [0.5, 0.6) is 0 Å². The summed E-state index contributed by atoms with van der Waals surface area (Å²) in [6.45, 7) is 9.64. The summed E-state index contributed by atoms with van der Waals surface area (Å²) in [7, 11) is 0. The van der Waals surface area contributed by atoms with Crippen LogP contribution in [0.1, 0.15) is 49.8 Å². The third-order valence-electron chi connectivity index (χ3n) is 6.51. The lowest BCUT2D eigenvalue weighted by Gasteiger charge is -2.37. The average molecular weight is 470 g/mol. The molecule has 0 bridgehead atoms. The zero-order valence-electron chi connectivity index (χ0n) is 17.9. The molecule has 160 valence electrons. The van der Waals surface area contributed by atoms with Crippen LogP contribution in [0.2, 0.25) is 0 Å². The molecule has 1 N–H and O–H groups in total. The predicted molar refractivity (Wildman–Crippen MR) is 126 cm³/mol. The highest BCUT2D eigenvalue weighted by atomic mass is 79.9.